The summed E-state index contributed by atoms with van der Waals surface area (Å²) in [5.74, 6) is -6.63. The fraction of sp³-hybridized carbons (Fsp3) is 0.197. The molecule has 0 radical (unpaired) electrons. The summed E-state index contributed by atoms with van der Waals surface area (Å²) in [5, 5.41) is 11.9. The Hall–Kier alpha value is -9.33. The molecular weight excluding hydrogens is 1020 g/mol. The SMILES string of the molecule is O=C(OC[C@H]1O[C@@H](OC[C@H]2O[C@@H](O)[C@H](OC(=O)c3ccccc3)[C@@H](OC(=O)c3ccccc3)[C@H]2OC(=O)c2ccccc2)[C@H](OC(=O)c2ccccc2)[C@@H](OC(=O)c2ccccc2)[C@H]1OC(=O)c1ccccc1)c1ccccc1. The van der Waals surface area contributed by atoms with Gasteiger partial charge >= 0.3 is 41.8 Å². The third-order valence-corrected chi connectivity index (χ3v) is 12.5. The van der Waals surface area contributed by atoms with E-state index in [1.54, 1.807) is 127 Å². The fourth-order valence-electron chi connectivity index (χ4n) is 8.58. The van der Waals surface area contributed by atoms with Crippen LogP contribution < -0.4 is 0 Å². The van der Waals surface area contributed by atoms with Gasteiger partial charge in [-0.1, -0.05) is 127 Å². The summed E-state index contributed by atoms with van der Waals surface area (Å²) in [4.78, 5) is 98.0. The van der Waals surface area contributed by atoms with Crippen LogP contribution in [0, 0.1) is 0 Å². The average Bonchev–Trinajstić information content (AvgIpc) is 3.59. The quantitative estimate of drug-likeness (QED) is 0.0642. The predicted octanol–water partition coefficient (Wildman–Crippen LogP) is 7.66. The van der Waals surface area contributed by atoms with E-state index in [1.165, 1.54) is 84.9 Å². The maximum Gasteiger partial charge on any atom is 0.338 e. The lowest BCUT2D eigenvalue weighted by atomic mass is 9.96. The number of hydrogen-bond donors (Lipinski definition) is 1. The van der Waals surface area contributed by atoms with Gasteiger partial charge in [0.2, 0.25) is 0 Å². The van der Waals surface area contributed by atoms with E-state index in [0.717, 1.165) is 0 Å². The zero-order chi connectivity index (χ0) is 55.1. The number of rotatable bonds is 18. The number of aliphatic hydroxyl groups excluding tert-OH is 1. The van der Waals surface area contributed by atoms with Gasteiger partial charge in [0.05, 0.1) is 45.6 Å². The van der Waals surface area contributed by atoms with Crippen LogP contribution in [0.1, 0.15) is 72.5 Å². The van der Waals surface area contributed by atoms with Crippen molar-refractivity contribution in [2.75, 3.05) is 13.2 Å². The zero-order valence-corrected chi connectivity index (χ0v) is 41.8. The Morgan fingerprint density at radius 1 is 0.304 bits per heavy atom. The summed E-state index contributed by atoms with van der Waals surface area (Å²) in [6.07, 6.45) is -18.2. The number of hydrogen-bond acceptors (Lipinski definition) is 18. The van der Waals surface area contributed by atoms with E-state index in [1.807, 2.05) is 0 Å². The van der Waals surface area contributed by atoms with Gasteiger partial charge < -0.3 is 52.5 Å². The van der Waals surface area contributed by atoms with E-state index in [4.69, 9.17) is 47.4 Å². The van der Waals surface area contributed by atoms with Gasteiger partial charge in [-0.05, 0) is 84.9 Å². The highest BCUT2D eigenvalue weighted by molar-refractivity contribution is 5.93. The van der Waals surface area contributed by atoms with E-state index >= 15 is 0 Å². The molecule has 0 amide bonds. The first kappa shape index (κ1) is 54.5. The van der Waals surface area contributed by atoms with Crippen LogP contribution in [0.15, 0.2) is 212 Å². The molecule has 0 unspecified atom stereocenters. The summed E-state index contributed by atoms with van der Waals surface area (Å²) < 4.78 is 61.4. The number of carbonyl (C=O) groups excluding carboxylic acids is 7. The minimum atomic E-state index is -2.12. The van der Waals surface area contributed by atoms with Gasteiger partial charge in [-0.25, -0.2) is 33.6 Å². The molecule has 2 aliphatic heterocycles. The van der Waals surface area contributed by atoms with Crippen LogP contribution in [0.5, 0.6) is 0 Å². The second-order valence-electron chi connectivity index (χ2n) is 17.8. The van der Waals surface area contributed by atoms with Crippen molar-refractivity contribution in [2.24, 2.45) is 0 Å². The lowest BCUT2D eigenvalue weighted by molar-refractivity contribution is -0.323. The van der Waals surface area contributed by atoms with Crippen molar-refractivity contribution in [2.45, 2.75) is 61.4 Å². The molecule has 9 rings (SSSR count). The number of aliphatic hydroxyl groups is 1. The Kier molecular flexibility index (Phi) is 18.0. The van der Waals surface area contributed by atoms with Gasteiger partial charge in [0.25, 0.3) is 0 Å². The van der Waals surface area contributed by atoms with Crippen LogP contribution in [0.3, 0.4) is 0 Å². The van der Waals surface area contributed by atoms with Gasteiger partial charge in [0.1, 0.15) is 18.8 Å². The molecule has 2 heterocycles. The summed E-state index contributed by atoms with van der Waals surface area (Å²) >= 11 is 0. The molecule has 18 nitrogen and oxygen atoms in total. The highest BCUT2D eigenvalue weighted by atomic mass is 16.7. The first-order chi connectivity index (χ1) is 38.5. The monoisotopic (exact) mass is 1070 g/mol. The highest BCUT2D eigenvalue weighted by Gasteiger charge is 2.56. The Morgan fingerprint density at radius 3 is 0.886 bits per heavy atom. The van der Waals surface area contributed by atoms with Gasteiger partial charge in [-0.2, -0.15) is 0 Å². The molecule has 7 aromatic carbocycles. The van der Waals surface area contributed by atoms with Crippen LogP contribution in [0.2, 0.25) is 0 Å². The van der Waals surface area contributed by atoms with Crippen molar-refractivity contribution in [3.05, 3.63) is 251 Å². The van der Waals surface area contributed by atoms with E-state index in [-0.39, 0.29) is 38.9 Å². The first-order valence-corrected chi connectivity index (χ1v) is 24.9. The first-order valence-electron chi connectivity index (χ1n) is 24.9. The van der Waals surface area contributed by atoms with Crippen LogP contribution in [0.25, 0.3) is 0 Å². The standard InChI is InChI=1S/C61H50O18/c62-53(38-22-8-1-9-23-38)70-36-46-48(75-55(64)40-26-12-3-13-27-40)50(77-57(66)42-30-16-5-17-31-42)52(79-59(68)44-34-20-7-21-35-44)61(73-46)71-37-45-47(74-54(63)39-24-10-2-11-25-39)49(76-56(65)41-28-14-4-15-29-41)51(60(69)72-45)78-58(67)43-32-18-6-19-33-43/h1-35,45-52,60-61,69H,36-37H2/t45-,46-,47+,48+,49+,50+,51-,52-,60-,61-/m1/s1. The lowest BCUT2D eigenvalue weighted by Gasteiger charge is -2.46. The molecule has 2 fully saturated rings. The Labute approximate surface area is 452 Å². The normalized spacial score (nSPS) is 22.4. The summed E-state index contributed by atoms with van der Waals surface area (Å²) in [5.41, 5.74) is 0.388. The summed E-state index contributed by atoms with van der Waals surface area (Å²) in [6, 6.07) is 54.3. The zero-order valence-electron chi connectivity index (χ0n) is 41.8. The molecule has 7 aromatic rings. The lowest BCUT2D eigenvalue weighted by Crippen LogP contribution is -2.65. The number of benzene rings is 7. The number of carbonyl (C=O) groups is 7. The molecule has 18 heteroatoms. The predicted molar refractivity (Wildman–Crippen MR) is 276 cm³/mol. The topological polar surface area (TPSA) is 232 Å². The van der Waals surface area contributed by atoms with Crippen LogP contribution >= 0.6 is 0 Å². The van der Waals surface area contributed by atoms with Crippen molar-refractivity contribution < 1.29 is 86.0 Å². The van der Waals surface area contributed by atoms with Gasteiger partial charge in [-0.15, -0.1) is 0 Å². The summed E-state index contributed by atoms with van der Waals surface area (Å²) in [7, 11) is 0. The van der Waals surface area contributed by atoms with Gasteiger partial charge in [0, 0.05) is 0 Å². The van der Waals surface area contributed by atoms with E-state index in [0.29, 0.717) is 0 Å². The number of ether oxygens (including phenoxy) is 10. The maximum absolute atomic E-state index is 14.3. The molecule has 0 aliphatic carbocycles. The van der Waals surface area contributed by atoms with E-state index < -0.39 is 116 Å². The Morgan fingerprint density at radius 2 is 0.557 bits per heavy atom. The molecule has 79 heavy (non-hydrogen) atoms. The van der Waals surface area contributed by atoms with Crippen LogP contribution in [0.4, 0.5) is 0 Å². The minimum absolute atomic E-state index is 0.0249. The molecule has 2 aliphatic rings. The van der Waals surface area contributed by atoms with E-state index in [2.05, 4.69) is 0 Å². The third-order valence-electron chi connectivity index (χ3n) is 12.5. The minimum Gasteiger partial charge on any atom is -0.459 e. The van der Waals surface area contributed by atoms with E-state index in [9.17, 15) is 38.7 Å². The molecule has 0 saturated carbocycles. The number of esters is 7. The molecule has 0 spiro atoms. The highest BCUT2D eigenvalue weighted by Crippen LogP contribution is 2.35. The summed E-state index contributed by atoms with van der Waals surface area (Å²) in [6.45, 7) is -1.50. The Balaban J connectivity index is 1.12. The third kappa shape index (κ3) is 13.8. The van der Waals surface area contributed by atoms with Crippen molar-refractivity contribution in [1.29, 1.82) is 0 Å². The molecular formula is C61H50O18. The molecule has 0 aromatic heterocycles. The smallest absolute Gasteiger partial charge is 0.338 e. The van der Waals surface area contributed by atoms with Crippen molar-refractivity contribution >= 4 is 41.8 Å². The van der Waals surface area contributed by atoms with Crippen LogP contribution in [-0.2, 0) is 47.4 Å². The van der Waals surface area contributed by atoms with Crippen LogP contribution in [-0.4, -0.2) is 122 Å². The molecule has 0 bridgehead atoms. The van der Waals surface area contributed by atoms with Gasteiger partial charge in [-0.3, -0.25) is 0 Å². The van der Waals surface area contributed by atoms with Crippen molar-refractivity contribution in [3.8, 4) is 0 Å². The second-order valence-corrected chi connectivity index (χ2v) is 17.8. The van der Waals surface area contributed by atoms with Crippen molar-refractivity contribution in [3.63, 3.8) is 0 Å². The average molecular weight is 1070 g/mol. The maximum atomic E-state index is 14.3. The second kappa shape index (κ2) is 26.1. The molecule has 10 atom stereocenters. The molecule has 402 valence electrons. The largest absolute Gasteiger partial charge is 0.459 e. The van der Waals surface area contributed by atoms with Gasteiger partial charge in [0.15, 0.2) is 49.2 Å². The van der Waals surface area contributed by atoms with Crippen molar-refractivity contribution in [1.82, 2.24) is 0 Å². The Bertz CT molecular complexity index is 3170. The molecule has 2 saturated heterocycles. The molecule has 1 N–H and O–H groups in total. The fourth-order valence-corrected chi connectivity index (χ4v) is 8.58.